The number of hydrogen-bond acceptors (Lipinski definition) is 15. The second-order valence-corrected chi connectivity index (χ2v) is 21.5. The molecule has 0 saturated carbocycles. The molecule has 3 aromatic carbocycles. The monoisotopic (exact) mass is 1210 g/mol. The molecule has 0 fully saturated rings. The zero-order chi connectivity index (χ0) is 65.1. The van der Waals surface area contributed by atoms with Crippen LogP contribution in [0.3, 0.4) is 0 Å². The summed E-state index contributed by atoms with van der Waals surface area (Å²) in [4.78, 5) is 184. The molecule has 472 valence electrons. The van der Waals surface area contributed by atoms with Crippen molar-refractivity contribution < 1.29 is 87.5 Å². The highest BCUT2D eigenvalue weighted by Crippen LogP contribution is 2.15. The number of rotatable bonds is 37. The first-order chi connectivity index (χ1) is 40.9. The largest absolute Gasteiger partial charge is 0.481 e. The predicted molar refractivity (Wildman–Crippen MR) is 310 cm³/mol. The molecule has 0 heterocycles. The molecular formula is C59H78N10O18. The summed E-state index contributed by atoms with van der Waals surface area (Å²) in [6, 6.07) is 9.44. The molecule has 0 aliphatic rings. The number of aliphatic hydroxyl groups excluding tert-OH is 1. The molecule has 0 spiro atoms. The van der Waals surface area contributed by atoms with Gasteiger partial charge in [0.2, 0.25) is 59.1 Å². The molecule has 15 N–H and O–H groups in total. The van der Waals surface area contributed by atoms with Crippen LogP contribution in [0.5, 0.6) is 0 Å². The fourth-order valence-corrected chi connectivity index (χ4v) is 8.72. The number of nitrogens with two attached hydrogens (primary N) is 1. The second-order valence-electron chi connectivity index (χ2n) is 21.5. The number of amides is 10. The van der Waals surface area contributed by atoms with Gasteiger partial charge < -0.3 is 74.0 Å². The van der Waals surface area contributed by atoms with Gasteiger partial charge in [0.05, 0.1) is 19.1 Å². The summed E-state index contributed by atoms with van der Waals surface area (Å²) in [5.74, 6) is -15.3. The van der Waals surface area contributed by atoms with Crippen LogP contribution in [0.2, 0.25) is 0 Å². The molecule has 10 amide bonds. The van der Waals surface area contributed by atoms with E-state index in [9.17, 15) is 87.5 Å². The van der Waals surface area contributed by atoms with Crippen LogP contribution in [0, 0.1) is 11.8 Å². The molecule has 0 aliphatic heterocycles. The Hall–Kier alpha value is -9.60. The number of ketones is 1. The Morgan fingerprint density at radius 3 is 1.31 bits per heavy atom. The first kappa shape index (κ1) is 71.7. The van der Waals surface area contributed by atoms with Crippen LogP contribution in [0.15, 0.2) is 84.9 Å². The Labute approximate surface area is 501 Å². The smallest absolute Gasteiger partial charge is 0.305 e. The summed E-state index contributed by atoms with van der Waals surface area (Å²) in [7, 11) is 0. The standard InChI is InChI=1S/C59H78N10O18/c1-31(2)25-41(52(60)80)65-56(84)43(27-35-13-9-7-10-14-35)66-53(81)39(21-23-47(73)74)63-46(72)30-61-59(87)50(33(5)70)69-58(86)44(28-36-17-19-38(20-18-36)51(79)37-15-11-8-12-16-37)67-54(82)40(22-24-48(75)76)64-57(85)45(29-49(77)78)68-55(83)42(26-32(3)4)62-34(6)71/h7-20,31-33,39-45,50,70H,21-30H2,1-6H3,(H2,60,80)(H,61,87)(H,62,71)(H,63,72)(H,64,85)(H,65,84)(H,66,81)(H,67,82)(H,68,83)(H,69,86)(H,73,74)(H,75,76)(H,77,78)/t33-,39+,40+,41+,42+,43+,44+,45+,50+/m1/s1. The number of aliphatic hydroxyl groups is 1. The number of benzene rings is 3. The van der Waals surface area contributed by atoms with Crippen LogP contribution in [0.1, 0.15) is 114 Å². The highest BCUT2D eigenvalue weighted by molar-refractivity contribution is 6.09. The molecule has 28 nitrogen and oxygen atoms in total. The minimum absolute atomic E-state index is 0.0675. The van der Waals surface area contributed by atoms with E-state index < -0.39 is 176 Å². The molecule has 0 bridgehead atoms. The lowest BCUT2D eigenvalue weighted by atomic mass is 9.98. The number of carboxylic acids is 3. The molecular weight excluding hydrogens is 1140 g/mol. The summed E-state index contributed by atoms with van der Waals surface area (Å²) in [5.41, 5.74) is 6.97. The van der Waals surface area contributed by atoms with E-state index in [1.54, 1.807) is 88.4 Å². The van der Waals surface area contributed by atoms with Crippen molar-refractivity contribution in [3.63, 3.8) is 0 Å². The van der Waals surface area contributed by atoms with Crippen molar-refractivity contribution in [2.24, 2.45) is 17.6 Å². The Morgan fingerprint density at radius 1 is 0.437 bits per heavy atom. The highest BCUT2D eigenvalue weighted by Gasteiger charge is 2.36. The minimum atomic E-state index is -1.93. The maximum Gasteiger partial charge on any atom is 0.305 e. The van der Waals surface area contributed by atoms with E-state index in [0.717, 1.165) is 13.8 Å². The Balaban J connectivity index is 1.95. The first-order valence-electron chi connectivity index (χ1n) is 28.0. The van der Waals surface area contributed by atoms with Gasteiger partial charge in [-0.2, -0.15) is 0 Å². The van der Waals surface area contributed by atoms with Crippen molar-refractivity contribution in [2.75, 3.05) is 6.54 Å². The van der Waals surface area contributed by atoms with E-state index in [1.165, 1.54) is 24.3 Å². The SMILES string of the molecule is CC(=O)N[C@@H](CC(C)C)C(=O)N[C@@H](CC(=O)O)C(=O)N[C@@H](CCC(=O)O)C(=O)N[C@@H](Cc1ccc(C(=O)c2ccccc2)cc1)C(=O)N[C@H](C(=O)NCC(=O)N[C@@H](CCC(=O)O)C(=O)N[C@@H](Cc1ccccc1)C(=O)N[C@@H](CC(C)C)C(N)=O)[C@@H](C)O. The van der Waals surface area contributed by atoms with Gasteiger partial charge in [0.25, 0.3) is 0 Å². The van der Waals surface area contributed by atoms with Crippen LogP contribution >= 0.6 is 0 Å². The maximum atomic E-state index is 14.4. The Bertz CT molecular complexity index is 2920. The average Bonchev–Trinajstić information content (AvgIpc) is 3.03. The van der Waals surface area contributed by atoms with Crippen molar-refractivity contribution in [1.29, 1.82) is 0 Å². The lowest BCUT2D eigenvalue weighted by molar-refractivity contribution is -0.142. The van der Waals surface area contributed by atoms with E-state index in [-0.39, 0.29) is 48.0 Å². The van der Waals surface area contributed by atoms with Gasteiger partial charge in [-0.25, -0.2) is 0 Å². The molecule has 87 heavy (non-hydrogen) atoms. The number of hydrogen-bond donors (Lipinski definition) is 14. The lowest BCUT2D eigenvalue weighted by Gasteiger charge is -2.27. The van der Waals surface area contributed by atoms with Gasteiger partial charge in [-0.3, -0.25) is 67.1 Å². The third-order valence-electron chi connectivity index (χ3n) is 13.1. The van der Waals surface area contributed by atoms with Gasteiger partial charge in [0.15, 0.2) is 5.78 Å². The molecule has 3 rings (SSSR count). The summed E-state index contributed by atoms with van der Waals surface area (Å²) in [6.45, 7) is 8.29. The second kappa shape index (κ2) is 35.6. The van der Waals surface area contributed by atoms with Crippen molar-refractivity contribution in [2.45, 2.75) is 154 Å². The topological polar surface area (TPSA) is 454 Å². The zero-order valence-electron chi connectivity index (χ0n) is 49.1. The summed E-state index contributed by atoms with van der Waals surface area (Å²) in [6.07, 6.45) is -5.82. The fraction of sp³-hybridized carbons (Fsp3) is 0.458. The molecule has 0 aliphatic carbocycles. The maximum absolute atomic E-state index is 14.4. The molecule has 9 atom stereocenters. The van der Waals surface area contributed by atoms with E-state index in [1.807, 2.05) is 0 Å². The van der Waals surface area contributed by atoms with Gasteiger partial charge in [0, 0.05) is 43.7 Å². The average molecular weight is 1220 g/mol. The first-order valence-corrected chi connectivity index (χ1v) is 28.0. The van der Waals surface area contributed by atoms with E-state index in [0.29, 0.717) is 11.1 Å². The van der Waals surface area contributed by atoms with Crippen LogP contribution in [0.25, 0.3) is 0 Å². The number of nitrogens with one attached hydrogen (secondary N) is 9. The number of carbonyl (C=O) groups excluding carboxylic acids is 11. The molecule has 0 radical (unpaired) electrons. The van der Waals surface area contributed by atoms with Gasteiger partial charge in [-0.1, -0.05) is 113 Å². The molecule has 0 unspecified atom stereocenters. The van der Waals surface area contributed by atoms with E-state index in [2.05, 4.69) is 47.9 Å². The number of carboxylic acid groups (broad SMARTS) is 3. The van der Waals surface area contributed by atoms with Crippen LogP contribution in [-0.2, 0) is 75.2 Å². The van der Waals surface area contributed by atoms with Gasteiger partial charge in [-0.05, 0) is 55.6 Å². The van der Waals surface area contributed by atoms with Crippen molar-refractivity contribution in [1.82, 2.24) is 47.9 Å². The minimum Gasteiger partial charge on any atom is -0.481 e. The van der Waals surface area contributed by atoms with Gasteiger partial charge in [0.1, 0.15) is 48.3 Å². The van der Waals surface area contributed by atoms with Crippen LogP contribution in [-0.4, -0.2) is 164 Å². The number of primary amides is 1. The highest BCUT2D eigenvalue weighted by atomic mass is 16.4. The van der Waals surface area contributed by atoms with Crippen molar-refractivity contribution >= 4 is 82.8 Å². The number of carbonyl (C=O) groups is 14. The summed E-state index contributed by atoms with van der Waals surface area (Å²) >= 11 is 0. The van der Waals surface area contributed by atoms with E-state index >= 15 is 0 Å². The molecule has 3 aromatic rings. The molecule has 28 heteroatoms. The predicted octanol–water partition coefficient (Wildman–Crippen LogP) is -1.12. The fourth-order valence-electron chi connectivity index (χ4n) is 8.72. The normalized spacial score (nSPS) is 14.1. The van der Waals surface area contributed by atoms with Crippen LogP contribution in [0.4, 0.5) is 0 Å². The Kier molecular flexibility index (Phi) is 29.4. The van der Waals surface area contributed by atoms with Crippen molar-refractivity contribution in [3.8, 4) is 0 Å². The quantitative estimate of drug-likeness (QED) is 0.0304. The third kappa shape index (κ3) is 26.1. The van der Waals surface area contributed by atoms with Crippen molar-refractivity contribution in [3.05, 3.63) is 107 Å². The lowest BCUT2D eigenvalue weighted by Crippen LogP contribution is -2.61. The Morgan fingerprint density at radius 2 is 0.839 bits per heavy atom. The summed E-state index contributed by atoms with van der Waals surface area (Å²) < 4.78 is 0. The van der Waals surface area contributed by atoms with Crippen LogP contribution < -0.4 is 53.6 Å². The zero-order valence-corrected chi connectivity index (χ0v) is 49.1. The molecule has 0 aromatic heterocycles. The molecule has 0 saturated heterocycles. The van der Waals surface area contributed by atoms with Gasteiger partial charge >= 0.3 is 17.9 Å². The summed E-state index contributed by atoms with van der Waals surface area (Å²) in [5, 5.41) is 60.9. The third-order valence-corrected chi connectivity index (χ3v) is 13.1. The van der Waals surface area contributed by atoms with Gasteiger partial charge in [-0.15, -0.1) is 0 Å². The number of aliphatic carboxylic acids is 3. The van der Waals surface area contributed by atoms with E-state index in [4.69, 9.17) is 5.73 Å².